The van der Waals surface area contributed by atoms with Crippen molar-refractivity contribution in [2.45, 2.75) is 19.4 Å². The Balaban J connectivity index is 1.90. The van der Waals surface area contributed by atoms with Crippen LogP contribution >= 0.6 is 0 Å². The van der Waals surface area contributed by atoms with Gasteiger partial charge in [-0.15, -0.1) is 0 Å². The van der Waals surface area contributed by atoms with E-state index in [1.165, 1.54) is 0 Å². The number of aromatic amines is 1. The van der Waals surface area contributed by atoms with E-state index in [1.54, 1.807) is 6.07 Å². The molecule has 2 rings (SSSR count). The van der Waals surface area contributed by atoms with E-state index in [2.05, 4.69) is 15.2 Å². The van der Waals surface area contributed by atoms with Gasteiger partial charge in [0.25, 0.3) is 0 Å². The number of H-pyrrole nitrogens is 1. The Morgan fingerprint density at radius 2 is 2.11 bits per heavy atom. The maximum Gasteiger partial charge on any atom is 0.162 e. The van der Waals surface area contributed by atoms with Crippen molar-refractivity contribution >= 4 is 5.69 Å². The SMILES string of the molecule is NCCCc1n[nH]c(COc2ccccc2N)n1. The Hall–Kier alpha value is -2.08. The molecule has 0 saturated heterocycles. The number of hydrogen-bond acceptors (Lipinski definition) is 5. The van der Waals surface area contributed by atoms with Crippen LogP contribution in [0.2, 0.25) is 0 Å². The normalized spacial score (nSPS) is 10.5. The van der Waals surface area contributed by atoms with Crippen LogP contribution in [-0.2, 0) is 13.0 Å². The maximum absolute atomic E-state index is 5.77. The fourth-order valence-corrected chi connectivity index (χ4v) is 1.53. The fourth-order valence-electron chi connectivity index (χ4n) is 1.53. The summed E-state index contributed by atoms with van der Waals surface area (Å²) in [6.45, 7) is 0.963. The first-order valence-electron chi connectivity index (χ1n) is 5.87. The molecule has 0 bridgehead atoms. The van der Waals surface area contributed by atoms with Gasteiger partial charge in [0, 0.05) is 6.42 Å². The van der Waals surface area contributed by atoms with Gasteiger partial charge in [-0.3, -0.25) is 5.10 Å². The molecule has 0 aliphatic heterocycles. The minimum atomic E-state index is 0.323. The van der Waals surface area contributed by atoms with Crippen molar-refractivity contribution in [3.63, 3.8) is 0 Å². The molecule has 1 heterocycles. The van der Waals surface area contributed by atoms with E-state index < -0.39 is 0 Å². The van der Waals surface area contributed by atoms with Gasteiger partial charge in [0.15, 0.2) is 11.6 Å². The molecule has 0 spiro atoms. The van der Waals surface area contributed by atoms with Crippen LogP contribution in [0.25, 0.3) is 0 Å². The van der Waals surface area contributed by atoms with Crippen molar-refractivity contribution in [2.75, 3.05) is 12.3 Å². The highest BCUT2D eigenvalue weighted by atomic mass is 16.5. The monoisotopic (exact) mass is 247 g/mol. The summed E-state index contributed by atoms with van der Waals surface area (Å²) in [7, 11) is 0. The van der Waals surface area contributed by atoms with Gasteiger partial charge in [-0.2, -0.15) is 5.10 Å². The summed E-state index contributed by atoms with van der Waals surface area (Å²) in [5.41, 5.74) is 11.8. The quantitative estimate of drug-likeness (QED) is 0.657. The fraction of sp³-hybridized carbons (Fsp3) is 0.333. The number of rotatable bonds is 6. The minimum absolute atomic E-state index is 0.323. The smallest absolute Gasteiger partial charge is 0.162 e. The van der Waals surface area contributed by atoms with E-state index in [0.717, 1.165) is 18.7 Å². The maximum atomic E-state index is 5.77. The molecule has 0 saturated carbocycles. The van der Waals surface area contributed by atoms with E-state index in [9.17, 15) is 0 Å². The van der Waals surface area contributed by atoms with Crippen molar-refractivity contribution in [1.29, 1.82) is 0 Å². The summed E-state index contributed by atoms with van der Waals surface area (Å²) in [5, 5.41) is 6.92. The largest absolute Gasteiger partial charge is 0.483 e. The molecule has 0 amide bonds. The van der Waals surface area contributed by atoms with E-state index in [-0.39, 0.29) is 0 Å². The van der Waals surface area contributed by atoms with Crippen molar-refractivity contribution in [3.8, 4) is 5.75 Å². The van der Waals surface area contributed by atoms with Gasteiger partial charge in [-0.1, -0.05) is 12.1 Å². The van der Waals surface area contributed by atoms with Crippen LogP contribution in [0.15, 0.2) is 24.3 Å². The Morgan fingerprint density at radius 3 is 2.89 bits per heavy atom. The molecule has 0 atom stereocenters. The Labute approximate surface area is 105 Å². The lowest BCUT2D eigenvalue weighted by Gasteiger charge is -2.05. The van der Waals surface area contributed by atoms with Crippen LogP contribution in [0, 0.1) is 0 Å². The lowest BCUT2D eigenvalue weighted by Crippen LogP contribution is -2.02. The summed E-state index contributed by atoms with van der Waals surface area (Å²) in [4.78, 5) is 4.30. The highest BCUT2D eigenvalue weighted by molar-refractivity contribution is 5.51. The molecule has 5 N–H and O–H groups in total. The van der Waals surface area contributed by atoms with E-state index in [1.807, 2.05) is 18.2 Å². The van der Waals surface area contributed by atoms with Crippen LogP contribution in [0.1, 0.15) is 18.1 Å². The van der Waals surface area contributed by atoms with Gasteiger partial charge >= 0.3 is 0 Å². The first-order chi connectivity index (χ1) is 8.79. The van der Waals surface area contributed by atoms with Crippen LogP contribution in [0.5, 0.6) is 5.75 Å². The summed E-state index contributed by atoms with van der Waals surface area (Å²) in [6, 6.07) is 7.35. The summed E-state index contributed by atoms with van der Waals surface area (Å²) >= 11 is 0. The van der Waals surface area contributed by atoms with Crippen molar-refractivity contribution in [2.24, 2.45) is 5.73 Å². The number of para-hydroxylation sites is 2. The molecule has 2 aromatic rings. The van der Waals surface area contributed by atoms with Crippen LogP contribution in [-0.4, -0.2) is 21.7 Å². The predicted molar refractivity (Wildman–Crippen MR) is 68.9 cm³/mol. The zero-order valence-corrected chi connectivity index (χ0v) is 10.1. The van der Waals surface area contributed by atoms with Gasteiger partial charge in [0.05, 0.1) is 5.69 Å². The lowest BCUT2D eigenvalue weighted by atomic mass is 10.3. The van der Waals surface area contributed by atoms with E-state index >= 15 is 0 Å². The number of aromatic nitrogens is 3. The summed E-state index contributed by atoms with van der Waals surface area (Å²) < 4.78 is 5.56. The van der Waals surface area contributed by atoms with Crippen molar-refractivity contribution in [3.05, 3.63) is 35.9 Å². The second kappa shape index (κ2) is 6.02. The number of hydrogen-bond donors (Lipinski definition) is 3. The second-order valence-electron chi connectivity index (χ2n) is 3.92. The Morgan fingerprint density at radius 1 is 1.28 bits per heavy atom. The molecule has 96 valence electrons. The molecule has 0 unspecified atom stereocenters. The average Bonchev–Trinajstić information content (AvgIpc) is 2.83. The molecule has 1 aromatic heterocycles. The van der Waals surface area contributed by atoms with Gasteiger partial charge in [-0.25, -0.2) is 4.98 Å². The third-order valence-electron chi connectivity index (χ3n) is 2.47. The molecule has 0 aliphatic rings. The Bertz CT molecular complexity index is 497. The molecule has 6 heteroatoms. The number of aryl methyl sites for hydroxylation is 1. The van der Waals surface area contributed by atoms with E-state index in [4.69, 9.17) is 16.2 Å². The summed E-state index contributed by atoms with van der Waals surface area (Å²) in [5.74, 6) is 2.10. The number of anilines is 1. The van der Waals surface area contributed by atoms with Gasteiger partial charge in [0.2, 0.25) is 0 Å². The molecule has 18 heavy (non-hydrogen) atoms. The zero-order valence-electron chi connectivity index (χ0n) is 10.1. The van der Waals surface area contributed by atoms with Crippen LogP contribution in [0.3, 0.4) is 0 Å². The van der Waals surface area contributed by atoms with Crippen LogP contribution < -0.4 is 16.2 Å². The molecular formula is C12H17N5O. The van der Waals surface area contributed by atoms with Crippen molar-refractivity contribution < 1.29 is 4.74 Å². The van der Waals surface area contributed by atoms with E-state index in [0.29, 0.717) is 30.4 Å². The van der Waals surface area contributed by atoms with Crippen LogP contribution in [0.4, 0.5) is 5.69 Å². The van der Waals surface area contributed by atoms with Gasteiger partial charge < -0.3 is 16.2 Å². The predicted octanol–water partition coefficient (Wildman–Crippen LogP) is 0.857. The van der Waals surface area contributed by atoms with Crippen molar-refractivity contribution in [1.82, 2.24) is 15.2 Å². The molecule has 1 aromatic carbocycles. The summed E-state index contributed by atoms with van der Waals surface area (Å²) in [6.07, 6.45) is 1.66. The first kappa shape index (κ1) is 12.4. The molecule has 6 nitrogen and oxygen atoms in total. The molecule has 0 fully saturated rings. The topological polar surface area (TPSA) is 103 Å². The Kier molecular flexibility index (Phi) is 4.14. The van der Waals surface area contributed by atoms with Gasteiger partial charge in [0.1, 0.15) is 12.4 Å². The number of ether oxygens (including phenoxy) is 1. The lowest BCUT2D eigenvalue weighted by molar-refractivity contribution is 0.298. The molecule has 0 aliphatic carbocycles. The highest BCUT2D eigenvalue weighted by Gasteiger charge is 2.04. The number of nitrogens with one attached hydrogen (secondary N) is 1. The third kappa shape index (κ3) is 3.21. The molecular weight excluding hydrogens is 230 g/mol. The second-order valence-corrected chi connectivity index (χ2v) is 3.92. The first-order valence-corrected chi connectivity index (χ1v) is 5.87. The molecule has 0 radical (unpaired) electrons. The highest BCUT2D eigenvalue weighted by Crippen LogP contribution is 2.20. The number of nitrogens with zero attached hydrogens (tertiary/aromatic N) is 2. The number of benzene rings is 1. The standard InChI is InChI=1S/C12H17N5O/c13-7-3-6-11-15-12(17-16-11)8-18-10-5-2-1-4-9(10)14/h1-2,4-5H,3,6-8,13-14H2,(H,15,16,17). The van der Waals surface area contributed by atoms with Gasteiger partial charge in [-0.05, 0) is 25.1 Å². The number of nitrogen functional groups attached to an aromatic ring is 1. The average molecular weight is 247 g/mol. The zero-order chi connectivity index (χ0) is 12.8. The minimum Gasteiger partial charge on any atom is -0.483 e. The third-order valence-corrected chi connectivity index (χ3v) is 2.47. The number of nitrogens with two attached hydrogens (primary N) is 2.